The van der Waals surface area contributed by atoms with Crippen LogP contribution >= 0.6 is 11.6 Å². The fourth-order valence-corrected chi connectivity index (χ4v) is 4.16. The Kier molecular flexibility index (Phi) is 8.50. The van der Waals surface area contributed by atoms with E-state index in [-0.39, 0.29) is 12.7 Å². The second-order valence-electron chi connectivity index (χ2n) is 8.31. The van der Waals surface area contributed by atoms with Gasteiger partial charge in [0.1, 0.15) is 6.10 Å². The predicted octanol–water partition coefficient (Wildman–Crippen LogP) is 4.91. The van der Waals surface area contributed by atoms with E-state index in [1.807, 2.05) is 84.9 Å². The van der Waals surface area contributed by atoms with E-state index < -0.39 is 6.10 Å². The lowest BCUT2D eigenvalue weighted by Gasteiger charge is -2.27. The fraction of sp³-hybridized carbons (Fsp3) is 0.296. The number of oxime groups is 1. The molecular weight excluding hydrogens is 436 g/mol. The second-order valence-corrected chi connectivity index (χ2v) is 8.75. The molecule has 0 bridgehead atoms. The van der Waals surface area contributed by atoms with Crippen molar-refractivity contribution in [3.8, 4) is 0 Å². The zero-order valence-electron chi connectivity index (χ0n) is 18.5. The molecule has 1 heterocycles. The number of aliphatic hydroxyl groups is 1. The first kappa shape index (κ1) is 23.5. The Bertz CT molecular complexity index is 1030. The van der Waals surface area contributed by atoms with Gasteiger partial charge in [-0.2, -0.15) is 0 Å². The molecule has 1 aliphatic heterocycles. The molecule has 0 radical (unpaired) electrons. The SMILES string of the molecule is O[C@@H](COCc1ccccc1)CN(Cc1cccc(Cl)c1)C[C@H]1CC(c2ccccc2)=NO1. The van der Waals surface area contributed by atoms with Crippen molar-refractivity contribution in [2.45, 2.75) is 31.8 Å². The van der Waals surface area contributed by atoms with Crippen molar-refractivity contribution in [2.75, 3.05) is 19.7 Å². The van der Waals surface area contributed by atoms with Crippen molar-refractivity contribution < 1.29 is 14.7 Å². The van der Waals surface area contributed by atoms with Crippen molar-refractivity contribution in [2.24, 2.45) is 5.16 Å². The van der Waals surface area contributed by atoms with E-state index in [0.717, 1.165) is 28.8 Å². The summed E-state index contributed by atoms with van der Waals surface area (Å²) in [6.45, 7) is 2.49. The summed E-state index contributed by atoms with van der Waals surface area (Å²) in [5, 5.41) is 15.7. The number of hydrogen-bond acceptors (Lipinski definition) is 5. The monoisotopic (exact) mass is 464 g/mol. The summed E-state index contributed by atoms with van der Waals surface area (Å²) >= 11 is 6.19. The predicted molar refractivity (Wildman–Crippen MR) is 131 cm³/mol. The van der Waals surface area contributed by atoms with Crippen LogP contribution in [0.3, 0.4) is 0 Å². The summed E-state index contributed by atoms with van der Waals surface area (Å²) in [7, 11) is 0. The fourth-order valence-electron chi connectivity index (χ4n) is 3.95. The van der Waals surface area contributed by atoms with Crippen molar-refractivity contribution >= 4 is 17.3 Å². The highest BCUT2D eigenvalue weighted by molar-refractivity contribution is 6.30. The van der Waals surface area contributed by atoms with Crippen molar-refractivity contribution in [3.05, 3.63) is 107 Å². The van der Waals surface area contributed by atoms with Gasteiger partial charge < -0.3 is 14.7 Å². The van der Waals surface area contributed by atoms with Crippen molar-refractivity contribution in [1.29, 1.82) is 0 Å². The number of nitrogens with zero attached hydrogens (tertiary/aromatic N) is 2. The number of benzene rings is 3. The lowest BCUT2D eigenvalue weighted by atomic mass is 10.0. The van der Waals surface area contributed by atoms with Gasteiger partial charge in [-0.1, -0.05) is 89.6 Å². The average Bonchev–Trinajstić information content (AvgIpc) is 3.29. The van der Waals surface area contributed by atoms with Gasteiger partial charge in [0.05, 0.1) is 25.0 Å². The van der Waals surface area contributed by atoms with E-state index in [1.165, 1.54) is 0 Å². The van der Waals surface area contributed by atoms with Crippen molar-refractivity contribution in [3.63, 3.8) is 0 Å². The van der Waals surface area contributed by atoms with E-state index in [2.05, 4.69) is 10.1 Å². The second kappa shape index (κ2) is 12.0. The maximum Gasteiger partial charge on any atom is 0.145 e. The van der Waals surface area contributed by atoms with Gasteiger partial charge in [-0.05, 0) is 28.8 Å². The Morgan fingerprint density at radius 1 is 1.00 bits per heavy atom. The summed E-state index contributed by atoms with van der Waals surface area (Å²) in [5.41, 5.74) is 4.21. The Balaban J connectivity index is 1.34. The zero-order chi connectivity index (χ0) is 22.9. The highest BCUT2D eigenvalue weighted by Crippen LogP contribution is 2.19. The van der Waals surface area contributed by atoms with Gasteiger partial charge in [-0.3, -0.25) is 4.90 Å². The summed E-state index contributed by atoms with van der Waals surface area (Å²) in [4.78, 5) is 7.92. The first-order chi connectivity index (χ1) is 16.2. The number of rotatable bonds is 11. The normalized spacial score (nSPS) is 16.5. The molecule has 0 unspecified atom stereocenters. The topological polar surface area (TPSA) is 54.3 Å². The molecule has 33 heavy (non-hydrogen) atoms. The van der Waals surface area contributed by atoms with Crippen LogP contribution in [0.15, 0.2) is 90.1 Å². The molecule has 172 valence electrons. The van der Waals surface area contributed by atoms with Crippen LogP contribution < -0.4 is 0 Å². The molecule has 0 saturated heterocycles. The minimum atomic E-state index is -0.621. The summed E-state index contributed by atoms with van der Waals surface area (Å²) in [5.74, 6) is 0. The molecule has 4 rings (SSSR count). The minimum absolute atomic E-state index is 0.0724. The van der Waals surface area contributed by atoms with Gasteiger partial charge in [0.2, 0.25) is 0 Å². The molecule has 0 aromatic heterocycles. The Morgan fingerprint density at radius 3 is 2.48 bits per heavy atom. The quantitative estimate of drug-likeness (QED) is 0.438. The number of ether oxygens (including phenoxy) is 1. The van der Waals surface area contributed by atoms with Crippen LogP contribution in [0.4, 0.5) is 0 Å². The van der Waals surface area contributed by atoms with Crippen LogP contribution in [-0.2, 0) is 22.7 Å². The van der Waals surface area contributed by atoms with Crippen LogP contribution in [0.1, 0.15) is 23.1 Å². The smallest absolute Gasteiger partial charge is 0.145 e. The standard InChI is InChI=1S/C27H29ClN2O3/c28-24-13-7-10-22(14-24)16-30(17-25(31)20-32-19-21-8-3-1-4-9-21)18-26-15-27(29-33-26)23-11-5-2-6-12-23/h1-14,25-26,31H,15-20H2/t25-,26-/m1/s1. The Morgan fingerprint density at radius 2 is 1.73 bits per heavy atom. The molecule has 2 atom stereocenters. The van der Waals surface area contributed by atoms with Gasteiger partial charge in [0.25, 0.3) is 0 Å². The molecule has 0 saturated carbocycles. The van der Waals surface area contributed by atoms with E-state index in [1.54, 1.807) is 0 Å². The molecular formula is C27H29ClN2O3. The lowest BCUT2D eigenvalue weighted by molar-refractivity contribution is -0.00648. The van der Waals surface area contributed by atoms with Gasteiger partial charge in [0, 0.05) is 31.1 Å². The van der Waals surface area contributed by atoms with E-state index in [0.29, 0.717) is 31.3 Å². The Labute approximate surface area is 200 Å². The highest BCUT2D eigenvalue weighted by atomic mass is 35.5. The van der Waals surface area contributed by atoms with E-state index in [4.69, 9.17) is 21.2 Å². The maximum atomic E-state index is 10.7. The third kappa shape index (κ3) is 7.41. The molecule has 1 aliphatic rings. The largest absolute Gasteiger partial charge is 0.390 e. The maximum absolute atomic E-state index is 10.7. The molecule has 3 aromatic rings. The summed E-state index contributed by atoms with van der Waals surface area (Å²) in [6.07, 6.45) is 0.0389. The van der Waals surface area contributed by atoms with Gasteiger partial charge >= 0.3 is 0 Å². The molecule has 0 spiro atoms. The molecule has 6 heteroatoms. The average molecular weight is 465 g/mol. The highest BCUT2D eigenvalue weighted by Gasteiger charge is 2.25. The van der Waals surface area contributed by atoms with E-state index in [9.17, 15) is 5.11 Å². The van der Waals surface area contributed by atoms with Gasteiger partial charge in [-0.25, -0.2) is 0 Å². The van der Waals surface area contributed by atoms with Gasteiger partial charge in [-0.15, -0.1) is 0 Å². The van der Waals surface area contributed by atoms with Crippen molar-refractivity contribution in [1.82, 2.24) is 4.90 Å². The van der Waals surface area contributed by atoms with Gasteiger partial charge in [0.15, 0.2) is 0 Å². The van der Waals surface area contributed by atoms with Crippen LogP contribution in [0.5, 0.6) is 0 Å². The molecule has 0 amide bonds. The zero-order valence-corrected chi connectivity index (χ0v) is 19.3. The third-order valence-electron chi connectivity index (χ3n) is 5.49. The van der Waals surface area contributed by atoms with Crippen LogP contribution in [0.25, 0.3) is 0 Å². The number of aliphatic hydroxyl groups excluding tert-OH is 1. The first-order valence-corrected chi connectivity index (χ1v) is 11.6. The molecule has 1 N–H and O–H groups in total. The van der Waals surface area contributed by atoms with Crippen LogP contribution in [0.2, 0.25) is 5.02 Å². The third-order valence-corrected chi connectivity index (χ3v) is 5.72. The minimum Gasteiger partial charge on any atom is -0.390 e. The summed E-state index contributed by atoms with van der Waals surface area (Å²) in [6, 6.07) is 27.8. The van der Waals surface area contributed by atoms with E-state index >= 15 is 0 Å². The lowest BCUT2D eigenvalue weighted by Crippen LogP contribution is -2.39. The number of hydrogen-bond donors (Lipinski definition) is 1. The summed E-state index contributed by atoms with van der Waals surface area (Å²) < 4.78 is 5.74. The molecule has 0 fully saturated rings. The molecule has 3 aromatic carbocycles. The molecule has 0 aliphatic carbocycles. The molecule has 5 nitrogen and oxygen atoms in total. The first-order valence-electron chi connectivity index (χ1n) is 11.2. The van der Waals surface area contributed by atoms with Crippen LogP contribution in [-0.4, -0.2) is 47.6 Å². The van der Waals surface area contributed by atoms with Crippen LogP contribution in [0, 0.1) is 0 Å². The Hall–Kier alpha value is -2.70. The number of halogens is 1.